The fourth-order valence-electron chi connectivity index (χ4n) is 3.15. The molecule has 1 aliphatic rings. The normalized spacial score (nSPS) is 18.0. The Morgan fingerprint density at radius 1 is 1.24 bits per heavy atom. The zero-order chi connectivity index (χ0) is 18.2. The third-order valence-corrected chi connectivity index (χ3v) is 4.38. The van der Waals surface area contributed by atoms with E-state index in [0.717, 1.165) is 31.6 Å². The predicted octanol–water partition coefficient (Wildman–Crippen LogP) is 2.40. The number of ether oxygens (including phenoxy) is 1. The van der Waals surface area contributed by atoms with Crippen LogP contribution in [-0.4, -0.2) is 48.5 Å². The number of benzene rings is 1. The summed E-state index contributed by atoms with van der Waals surface area (Å²) in [5, 5.41) is 5.55. The van der Waals surface area contributed by atoms with Crippen LogP contribution >= 0.6 is 0 Å². The molecule has 1 aromatic rings. The summed E-state index contributed by atoms with van der Waals surface area (Å²) in [6, 6.07) is 7.37. The first kappa shape index (κ1) is 19.2. The lowest BCUT2D eigenvalue weighted by Gasteiger charge is -2.37. The molecule has 1 aromatic carbocycles. The smallest absolute Gasteiger partial charge is 0.243 e. The molecule has 2 rings (SSSR count). The maximum atomic E-state index is 12.4. The van der Waals surface area contributed by atoms with E-state index in [0.29, 0.717) is 18.3 Å². The average molecular weight is 347 g/mol. The summed E-state index contributed by atoms with van der Waals surface area (Å²) in [6.45, 7) is 7.65. The Kier molecular flexibility index (Phi) is 7.25. The van der Waals surface area contributed by atoms with Gasteiger partial charge in [0.25, 0.3) is 0 Å². The highest BCUT2D eigenvalue weighted by Gasteiger charge is 2.30. The zero-order valence-electron chi connectivity index (χ0n) is 15.4. The molecule has 1 saturated heterocycles. The maximum absolute atomic E-state index is 12.4. The van der Waals surface area contributed by atoms with Gasteiger partial charge in [0.1, 0.15) is 5.75 Å². The van der Waals surface area contributed by atoms with Gasteiger partial charge in [0.2, 0.25) is 11.8 Å². The molecule has 2 N–H and O–H groups in total. The highest BCUT2D eigenvalue weighted by Crippen LogP contribution is 2.19. The third-order valence-electron chi connectivity index (χ3n) is 4.38. The van der Waals surface area contributed by atoms with Crippen molar-refractivity contribution in [1.29, 1.82) is 0 Å². The van der Waals surface area contributed by atoms with E-state index in [9.17, 15) is 9.59 Å². The van der Waals surface area contributed by atoms with Gasteiger partial charge in [0.05, 0.1) is 19.2 Å². The summed E-state index contributed by atoms with van der Waals surface area (Å²) in [5.74, 6) is 0.472. The fraction of sp³-hybridized carbons (Fsp3) is 0.579. The standard InChI is InChI=1S/C19H29N3O3/c1-4-25-16-10-8-15(9-11-16)21-18(23)13-20-19(24)17-7-5-6-12-22(17)14(2)3/h8-11,14,17H,4-7,12-13H2,1-3H3,(H,20,24)(H,21,23). The van der Waals surface area contributed by atoms with Gasteiger partial charge in [-0.05, 0) is 64.4 Å². The summed E-state index contributed by atoms with van der Waals surface area (Å²) in [4.78, 5) is 26.7. The van der Waals surface area contributed by atoms with Crippen LogP contribution in [-0.2, 0) is 9.59 Å². The largest absolute Gasteiger partial charge is 0.494 e. The van der Waals surface area contributed by atoms with Crippen LogP contribution < -0.4 is 15.4 Å². The van der Waals surface area contributed by atoms with Crippen molar-refractivity contribution >= 4 is 17.5 Å². The Bertz CT molecular complexity index is 572. The quantitative estimate of drug-likeness (QED) is 0.795. The van der Waals surface area contributed by atoms with E-state index in [1.165, 1.54) is 0 Å². The number of hydrogen-bond donors (Lipinski definition) is 2. The number of carbonyl (C=O) groups is 2. The zero-order valence-corrected chi connectivity index (χ0v) is 15.4. The van der Waals surface area contributed by atoms with Crippen LogP contribution in [0.3, 0.4) is 0 Å². The minimum atomic E-state index is -0.232. The molecule has 0 radical (unpaired) electrons. The first-order chi connectivity index (χ1) is 12.0. The molecule has 1 unspecified atom stereocenters. The van der Waals surface area contributed by atoms with E-state index >= 15 is 0 Å². The van der Waals surface area contributed by atoms with E-state index in [2.05, 4.69) is 29.4 Å². The second kappa shape index (κ2) is 9.42. The Morgan fingerprint density at radius 2 is 1.96 bits per heavy atom. The Morgan fingerprint density at radius 3 is 2.60 bits per heavy atom. The highest BCUT2D eigenvalue weighted by atomic mass is 16.5. The van der Waals surface area contributed by atoms with Gasteiger partial charge in [0, 0.05) is 11.7 Å². The van der Waals surface area contributed by atoms with Gasteiger partial charge in [-0.15, -0.1) is 0 Å². The summed E-state index contributed by atoms with van der Waals surface area (Å²) < 4.78 is 5.37. The van der Waals surface area contributed by atoms with Crippen molar-refractivity contribution in [2.45, 2.75) is 52.1 Å². The molecule has 25 heavy (non-hydrogen) atoms. The molecule has 2 amide bonds. The van der Waals surface area contributed by atoms with Gasteiger partial charge >= 0.3 is 0 Å². The Hall–Kier alpha value is -2.08. The minimum Gasteiger partial charge on any atom is -0.494 e. The van der Waals surface area contributed by atoms with E-state index in [1.54, 1.807) is 24.3 Å². The predicted molar refractivity (Wildman–Crippen MR) is 98.7 cm³/mol. The Labute approximate surface area is 149 Å². The number of amides is 2. The van der Waals surface area contributed by atoms with Crippen LogP contribution in [0.4, 0.5) is 5.69 Å². The summed E-state index contributed by atoms with van der Waals surface area (Å²) in [7, 11) is 0. The molecule has 0 aromatic heterocycles. The monoisotopic (exact) mass is 347 g/mol. The van der Waals surface area contributed by atoms with Gasteiger partial charge in [0.15, 0.2) is 0 Å². The number of anilines is 1. The topological polar surface area (TPSA) is 70.7 Å². The summed E-state index contributed by atoms with van der Waals surface area (Å²) >= 11 is 0. The molecule has 0 aliphatic carbocycles. The molecule has 138 valence electrons. The number of nitrogens with one attached hydrogen (secondary N) is 2. The molecule has 6 nitrogen and oxygen atoms in total. The van der Waals surface area contributed by atoms with Gasteiger partial charge in [-0.1, -0.05) is 6.42 Å². The highest BCUT2D eigenvalue weighted by molar-refractivity contribution is 5.95. The van der Waals surface area contributed by atoms with Crippen molar-refractivity contribution in [3.8, 4) is 5.75 Å². The number of likely N-dealkylation sites (tertiary alicyclic amines) is 1. The van der Waals surface area contributed by atoms with Gasteiger partial charge in [-0.2, -0.15) is 0 Å². The van der Waals surface area contributed by atoms with Crippen molar-refractivity contribution in [1.82, 2.24) is 10.2 Å². The van der Waals surface area contributed by atoms with Crippen molar-refractivity contribution in [2.75, 3.05) is 25.0 Å². The third kappa shape index (κ3) is 5.74. The number of rotatable bonds is 7. The summed E-state index contributed by atoms with van der Waals surface area (Å²) in [5.41, 5.74) is 0.684. The Balaban J connectivity index is 1.81. The lowest BCUT2D eigenvalue weighted by molar-refractivity contribution is -0.130. The summed E-state index contributed by atoms with van der Waals surface area (Å²) in [6.07, 6.45) is 3.03. The minimum absolute atomic E-state index is 0.0194. The molecule has 0 saturated carbocycles. The van der Waals surface area contributed by atoms with Crippen LogP contribution in [0.1, 0.15) is 40.0 Å². The molecule has 0 spiro atoms. The van der Waals surface area contributed by atoms with Crippen molar-refractivity contribution in [3.63, 3.8) is 0 Å². The maximum Gasteiger partial charge on any atom is 0.243 e. The van der Waals surface area contributed by atoms with Crippen molar-refractivity contribution in [2.24, 2.45) is 0 Å². The lowest BCUT2D eigenvalue weighted by atomic mass is 9.99. The van der Waals surface area contributed by atoms with Crippen LogP contribution in [0.15, 0.2) is 24.3 Å². The second-order valence-corrected chi connectivity index (χ2v) is 6.57. The van der Waals surface area contributed by atoms with Crippen LogP contribution in [0.2, 0.25) is 0 Å². The van der Waals surface area contributed by atoms with Gasteiger partial charge in [-0.25, -0.2) is 0 Å². The van der Waals surface area contributed by atoms with Crippen LogP contribution in [0.25, 0.3) is 0 Å². The lowest BCUT2D eigenvalue weighted by Crippen LogP contribution is -2.53. The molecule has 1 aliphatic heterocycles. The molecular weight excluding hydrogens is 318 g/mol. The second-order valence-electron chi connectivity index (χ2n) is 6.57. The number of nitrogens with zero attached hydrogens (tertiary/aromatic N) is 1. The van der Waals surface area contributed by atoms with Gasteiger partial charge in [-0.3, -0.25) is 14.5 Å². The molecular formula is C19H29N3O3. The van der Waals surface area contributed by atoms with Gasteiger partial charge < -0.3 is 15.4 Å². The molecule has 6 heteroatoms. The SMILES string of the molecule is CCOc1ccc(NC(=O)CNC(=O)C2CCCCN2C(C)C)cc1. The number of hydrogen-bond acceptors (Lipinski definition) is 4. The van der Waals surface area contributed by atoms with E-state index < -0.39 is 0 Å². The number of carbonyl (C=O) groups excluding carboxylic acids is 2. The van der Waals surface area contributed by atoms with Crippen LogP contribution in [0.5, 0.6) is 5.75 Å². The van der Waals surface area contributed by atoms with Crippen molar-refractivity contribution in [3.05, 3.63) is 24.3 Å². The number of piperidine rings is 1. The van der Waals surface area contributed by atoms with Crippen LogP contribution in [0, 0.1) is 0 Å². The molecule has 0 bridgehead atoms. The van der Waals surface area contributed by atoms with E-state index in [1.807, 2.05) is 6.92 Å². The molecule has 1 fully saturated rings. The van der Waals surface area contributed by atoms with E-state index in [-0.39, 0.29) is 24.4 Å². The first-order valence-corrected chi connectivity index (χ1v) is 9.07. The average Bonchev–Trinajstić information content (AvgIpc) is 2.61. The molecule has 1 atom stereocenters. The molecule has 1 heterocycles. The first-order valence-electron chi connectivity index (χ1n) is 9.07. The van der Waals surface area contributed by atoms with Crippen molar-refractivity contribution < 1.29 is 14.3 Å². The fourth-order valence-corrected chi connectivity index (χ4v) is 3.15. The van der Waals surface area contributed by atoms with E-state index in [4.69, 9.17) is 4.74 Å².